The van der Waals surface area contributed by atoms with E-state index in [9.17, 15) is 8.42 Å². The Morgan fingerprint density at radius 2 is 1.56 bits per heavy atom. The standard InChI is InChI=1S/C19H17NO4S/c1-20(16-7-6-14-4-2-3-5-15(14)12-16)25(21,22)17-8-9-18-19(13-17)24-11-10-23-18/h2-9,12-13H,10-11H2,1H3. The SMILES string of the molecule is CN(c1ccc2ccccc2c1)S(=O)(=O)c1ccc2c(c1)OCCO2. The third-order valence-corrected chi connectivity index (χ3v) is 6.05. The van der Waals surface area contributed by atoms with Crippen molar-refractivity contribution < 1.29 is 17.9 Å². The van der Waals surface area contributed by atoms with Crippen LogP contribution in [-0.4, -0.2) is 28.7 Å². The Bertz CT molecular complexity index is 1050. The predicted octanol–water partition coefficient (Wildman–Crippen LogP) is 3.44. The fraction of sp³-hybridized carbons (Fsp3) is 0.158. The van der Waals surface area contributed by atoms with Crippen LogP contribution in [0.1, 0.15) is 0 Å². The molecular formula is C19H17NO4S. The van der Waals surface area contributed by atoms with Crippen molar-refractivity contribution in [2.75, 3.05) is 24.6 Å². The molecule has 1 aliphatic rings. The molecule has 0 amide bonds. The van der Waals surface area contributed by atoms with Crippen LogP contribution in [0.3, 0.4) is 0 Å². The van der Waals surface area contributed by atoms with Gasteiger partial charge in [-0.3, -0.25) is 4.31 Å². The van der Waals surface area contributed by atoms with Gasteiger partial charge >= 0.3 is 0 Å². The van der Waals surface area contributed by atoms with Gasteiger partial charge in [0.2, 0.25) is 0 Å². The summed E-state index contributed by atoms with van der Waals surface area (Å²) in [5.41, 5.74) is 0.605. The lowest BCUT2D eigenvalue weighted by molar-refractivity contribution is 0.171. The predicted molar refractivity (Wildman–Crippen MR) is 97.0 cm³/mol. The molecular weight excluding hydrogens is 338 g/mol. The van der Waals surface area contributed by atoms with E-state index in [1.165, 1.54) is 10.4 Å². The van der Waals surface area contributed by atoms with E-state index < -0.39 is 10.0 Å². The summed E-state index contributed by atoms with van der Waals surface area (Å²) < 4.78 is 38.2. The van der Waals surface area contributed by atoms with E-state index in [2.05, 4.69) is 0 Å². The average molecular weight is 355 g/mol. The summed E-state index contributed by atoms with van der Waals surface area (Å²) in [5, 5.41) is 2.06. The van der Waals surface area contributed by atoms with Crippen molar-refractivity contribution >= 4 is 26.5 Å². The molecule has 0 N–H and O–H groups in total. The lowest BCUT2D eigenvalue weighted by Crippen LogP contribution is -2.26. The number of anilines is 1. The summed E-state index contributed by atoms with van der Waals surface area (Å²) in [6, 6.07) is 18.1. The topological polar surface area (TPSA) is 55.8 Å². The zero-order valence-corrected chi connectivity index (χ0v) is 14.5. The molecule has 4 rings (SSSR count). The molecule has 0 atom stereocenters. The molecule has 3 aromatic carbocycles. The molecule has 0 saturated carbocycles. The maximum atomic E-state index is 13.0. The van der Waals surface area contributed by atoms with E-state index in [-0.39, 0.29) is 4.90 Å². The number of ether oxygens (including phenoxy) is 2. The third kappa shape index (κ3) is 2.78. The van der Waals surface area contributed by atoms with E-state index >= 15 is 0 Å². The highest BCUT2D eigenvalue weighted by molar-refractivity contribution is 7.92. The van der Waals surface area contributed by atoms with Crippen molar-refractivity contribution in [3.63, 3.8) is 0 Å². The van der Waals surface area contributed by atoms with Gasteiger partial charge < -0.3 is 9.47 Å². The molecule has 0 aliphatic carbocycles. The second-order valence-corrected chi connectivity index (χ2v) is 7.78. The Morgan fingerprint density at radius 3 is 2.36 bits per heavy atom. The van der Waals surface area contributed by atoms with Crippen LogP contribution in [0.5, 0.6) is 11.5 Å². The van der Waals surface area contributed by atoms with Crippen molar-refractivity contribution in [2.24, 2.45) is 0 Å². The summed E-state index contributed by atoms with van der Waals surface area (Å²) in [5.74, 6) is 1.03. The van der Waals surface area contributed by atoms with Gasteiger partial charge in [0.15, 0.2) is 11.5 Å². The van der Waals surface area contributed by atoms with Crippen LogP contribution in [0.2, 0.25) is 0 Å². The molecule has 0 bridgehead atoms. The average Bonchev–Trinajstić information content (AvgIpc) is 2.66. The summed E-state index contributed by atoms with van der Waals surface area (Å²) in [7, 11) is -2.14. The minimum absolute atomic E-state index is 0.174. The summed E-state index contributed by atoms with van der Waals surface area (Å²) in [4.78, 5) is 0.174. The Labute approximate surface area is 146 Å². The van der Waals surface area contributed by atoms with Gasteiger partial charge in [-0.1, -0.05) is 30.3 Å². The monoisotopic (exact) mass is 355 g/mol. The molecule has 5 nitrogen and oxygen atoms in total. The quantitative estimate of drug-likeness (QED) is 0.722. The van der Waals surface area contributed by atoms with Crippen LogP contribution in [0.25, 0.3) is 10.8 Å². The number of nitrogens with zero attached hydrogens (tertiary/aromatic N) is 1. The van der Waals surface area contributed by atoms with Gasteiger partial charge in [-0.25, -0.2) is 8.42 Å². The number of sulfonamides is 1. The van der Waals surface area contributed by atoms with Crippen LogP contribution >= 0.6 is 0 Å². The Kier molecular flexibility index (Phi) is 3.77. The molecule has 128 valence electrons. The van der Waals surface area contributed by atoms with Gasteiger partial charge in [0.05, 0.1) is 10.6 Å². The molecule has 6 heteroatoms. The van der Waals surface area contributed by atoms with Crippen molar-refractivity contribution in [3.05, 3.63) is 60.7 Å². The fourth-order valence-corrected chi connectivity index (χ4v) is 4.06. The van der Waals surface area contributed by atoms with Crippen molar-refractivity contribution in [3.8, 4) is 11.5 Å². The van der Waals surface area contributed by atoms with Gasteiger partial charge in [0, 0.05) is 13.1 Å². The van der Waals surface area contributed by atoms with Gasteiger partial charge in [-0.05, 0) is 35.0 Å². The van der Waals surface area contributed by atoms with Gasteiger partial charge in [0.25, 0.3) is 10.0 Å². The van der Waals surface area contributed by atoms with E-state index in [1.54, 1.807) is 25.2 Å². The molecule has 1 aliphatic heterocycles. The fourth-order valence-electron chi connectivity index (χ4n) is 2.85. The number of fused-ring (bicyclic) bond motifs is 2. The largest absolute Gasteiger partial charge is 0.486 e. The highest BCUT2D eigenvalue weighted by Gasteiger charge is 2.24. The Hall–Kier alpha value is -2.73. The van der Waals surface area contributed by atoms with Gasteiger partial charge in [-0.15, -0.1) is 0 Å². The van der Waals surface area contributed by atoms with Crippen molar-refractivity contribution in [1.82, 2.24) is 0 Å². The van der Waals surface area contributed by atoms with Crippen molar-refractivity contribution in [2.45, 2.75) is 4.90 Å². The first-order valence-corrected chi connectivity index (χ1v) is 9.37. The third-order valence-electron chi connectivity index (χ3n) is 4.27. The van der Waals surface area contributed by atoms with E-state index in [1.807, 2.05) is 36.4 Å². The minimum Gasteiger partial charge on any atom is -0.486 e. The molecule has 0 aromatic heterocycles. The first-order chi connectivity index (χ1) is 12.1. The second kappa shape index (κ2) is 5.97. The van der Waals surface area contributed by atoms with Gasteiger partial charge in [-0.2, -0.15) is 0 Å². The molecule has 0 unspecified atom stereocenters. The Morgan fingerprint density at radius 1 is 0.840 bits per heavy atom. The summed E-state index contributed by atoms with van der Waals surface area (Å²) >= 11 is 0. The first-order valence-electron chi connectivity index (χ1n) is 7.93. The van der Waals surface area contributed by atoms with Crippen LogP contribution in [-0.2, 0) is 10.0 Å². The zero-order chi connectivity index (χ0) is 17.4. The van der Waals surface area contributed by atoms with Crippen molar-refractivity contribution in [1.29, 1.82) is 0 Å². The number of hydrogen-bond donors (Lipinski definition) is 0. The highest BCUT2D eigenvalue weighted by atomic mass is 32.2. The molecule has 0 spiro atoms. The minimum atomic E-state index is -3.70. The zero-order valence-electron chi connectivity index (χ0n) is 13.7. The normalized spacial score (nSPS) is 13.6. The smallest absolute Gasteiger partial charge is 0.264 e. The van der Waals surface area contributed by atoms with Crippen LogP contribution in [0.15, 0.2) is 65.6 Å². The van der Waals surface area contributed by atoms with E-state index in [0.29, 0.717) is 30.4 Å². The first kappa shape index (κ1) is 15.8. The van der Waals surface area contributed by atoms with E-state index in [0.717, 1.165) is 10.8 Å². The number of benzene rings is 3. The molecule has 25 heavy (non-hydrogen) atoms. The lowest BCUT2D eigenvalue weighted by Gasteiger charge is -2.22. The van der Waals surface area contributed by atoms with Crippen LogP contribution in [0.4, 0.5) is 5.69 Å². The molecule has 1 heterocycles. The highest BCUT2D eigenvalue weighted by Crippen LogP contribution is 2.34. The molecule has 0 fully saturated rings. The number of rotatable bonds is 3. The molecule has 0 saturated heterocycles. The molecule has 3 aromatic rings. The van der Waals surface area contributed by atoms with E-state index in [4.69, 9.17) is 9.47 Å². The van der Waals surface area contributed by atoms with Crippen LogP contribution < -0.4 is 13.8 Å². The lowest BCUT2D eigenvalue weighted by atomic mass is 10.1. The van der Waals surface area contributed by atoms with Crippen LogP contribution in [0, 0.1) is 0 Å². The Balaban J connectivity index is 1.73. The maximum absolute atomic E-state index is 13.0. The summed E-state index contributed by atoms with van der Waals surface area (Å²) in [6.07, 6.45) is 0. The maximum Gasteiger partial charge on any atom is 0.264 e. The molecule has 0 radical (unpaired) electrons. The number of hydrogen-bond acceptors (Lipinski definition) is 4. The second-order valence-electron chi connectivity index (χ2n) is 5.81. The summed E-state index contributed by atoms with van der Waals surface area (Å²) in [6.45, 7) is 0.882. The van der Waals surface area contributed by atoms with Gasteiger partial charge in [0.1, 0.15) is 13.2 Å².